The highest BCUT2D eigenvalue weighted by molar-refractivity contribution is 5.81. The fraction of sp³-hybridized carbons (Fsp3) is 0.0526. The lowest BCUT2D eigenvalue weighted by molar-refractivity contribution is 0.882. The third-order valence-electron chi connectivity index (χ3n) is 3.74. The molecule has 0 saturated carbocycles. The molecule has 0 saturated heterocycles. The van der Waals surface area contributed by atoms with Crippen LogP contribution in [-0.2, 0) is 6.42 Å². The third-order valence-corrected chi connectivity index (χ3v) is 3.74. The lowest BCUT2D eigenvalue weighted by atomic mass is 10.0. The van der Waals surface area contributed by atoms with E-state index < -0.39 is 0 Å². The maximum atomic E-state index is 4.57. The molecule has 0 aliphatic carbocycles. The Balaban J connectivity index is 1.73. The Kier molecular flexibility index (Phi) is 3.16. The Hall–Kier alpha value is -2.94. The standard InChI is InChI=1S/C19H15N3/c1-2-5-15(6-3-1)11-16-12-17-13-18(22-10-4-9-21-22)7-8-19(17)20-14-16/h1-10,12-14H,11H2. The molecule has 0 atom stereocenters. The molecule has 2 aromatic carbocycles. The van der Waals surface area contributed by atoms with Crippen molar-refractivity contribution in [1.82, 2.24) is 14.8 Å². The van der Waals surface area contributed by atoms with Gasteiger partial charge in [0.15, 0.2) is 0 Å². The molecule has 4 aromatic rings. The minimum Gasteiger partial charge on any atom is -0.256 e. The van der Waals surface area contributed by atoms with E-state index in [1.54, 1.807) is 6.20 Å². The molecule has 0 aliphatic heterocycles. The summed E-state index contributed by atoms with van der Waals surface area (Å²) in [5.41, 5.74) is 4.58. The second-order valence-corrected chi connectivity index (χ2v) is 5.33. The van der Waals surface area contributed by atoms with Crippen LogP contribution in [0.15, 0.2) is 79.3 Å². The second-order valence-electron chi connectivity index (χ2n) is 5.33. The van der Waals surface area contributed by atoms with E-state index in [0.717, 1.165) is 23.0 Å². The highest BCUT2D eigenvalue weighted by Gasteiger charge is 2.02. The van der Waals surface area contributed by atoms with Crippen LogP contribution in [0.2, 0.25) is 0 Å². The van der Waals surface area contributed by atoms with E-state index in [4.69, 9.17) is 0 Å². The van der Waals surface area contributed by atoms with Crippen LogP contribution >= 0.6 is 0 Å². The molecule has 2 heterocycles. The van der Waals surface area contributed by atoms with Gasteiger partial charge in [0.2, 0.25) is 0 Å². The first-order valence-corrected chi connectivity index (χ1v) is 7.31. The first kappa shape index (κ1) is 12.8. The van der Waals surface area contributed by atoms with Crippen LogP contribution in [-0.4, -0.2) is 14.8 Å². The molecule has 0 fully saturated rings. The molecule has 3 nitrogen and oxygen atoms in total. The Morgan fingerprint density at radius 2 is 1.77 bits per heavy atom. The van der Waals surface area contributed by atoms with Gasteiger partial charge in [-0.25, -0.2) is 4.68 Å². The van der Waals surface area contributed by atoms with Gasteiger partial charge in [-0.2, -0.15) is 5.10 Å². The summed E-state index contributed by atoms with van der Waals surface area (Å²) in [6, 6.07) is 20.8. The summed E-state index contributed by atoms with van der Waals surface area (Å²) < 4.78 is 1.86. The minimum absolute atomic E-state index is 0.899. The Labute approximate surface area is 128 Å². The van der Waals surface area contributed by atoms with Crippen LogP contribution in [0.25, 0.3) is 16.6 Å². The van der Waals surface area contributed by atoms with Crippen molar-refractivity contribution in [1.29, 1.82) is 0 Å². The van der Waals surface area contributed by atoms with Gasteiger partial charge in [-0.1, -0.05) is 30.3 Å². The van der Waals surface area contributed by atoms with Crippen molar-refractivity contribution in [3.8, 4) is 5.69 Å². The lowest BCUT2D eigenvalue weighted by Crippen LogP contribution is -1.95. The number of hydrogen-bond donors (Lipinski definition) is 0. The van der Waals surface area contributed by atoms with Gasteiger partial charge in [0.05, 0.1) is 11.2 Å². The first-order chi connectivity index (χ1) is 10.9. The molecule has 22 heavy (non-hydrogen) atoms. The smallest absolute Gasteiger partial charge is 0.0703 e. The summed E-state index contributed by atoms with van der Waals surface area (Å²) in [6.45, 7) is 0. The molecule has 106 valence electrons. The molecule has 0 radical (unpaired) electrons. The summed E-state index contributed by atoms with van der Waals surface area (Å²) in [6.07, 6.45) is 6.59. The van der Waals surface area contributed by atoms with E-state index in [2.05, 4.69) is 46.5 Å². The monoisotopic (exact) mass is 285 g/mol. The lowest BCUT2D eigenvalue weighted by Gasteiger charge is -2.06. The van der Waals surface area contributed by atoms with Gasteiger partial charge in [0.1, 0.15) is 0 Å². The van der Waals surface area contributed by atoms with Crippen LogP contribution in [0.1, 0.15) is 11.1 Å². The predicted molar refractivity (Wildman–Crippen MR) is 88.1 cm³/mol. The summed E-state index contributed by atoms with van der Waals surface area (Å²) in [5.74, 6) is 0. The van der Waals surface area contributed by atoms with E-state index in [-0.39, 0.29) is 0 Å². The second kappa shape index (κ2) is 5.45. The zero-order valence-corrected chi connectivity index (χ0v) is 12.1. The Morgan fingerprint density at radius 3 is 2.59 bits per heavy atom. The quantitative estimate of drug-likeness (QED) is 0.569. The number of hydrogen-bond acceptors (Lipinski definition) is 2. The molecule has 0 spiro atoms. The number of nitrogens with zero attached hydrogens (tertiary/aromatic N) is 3. The van der Waals surface area contributed by atoms with E-state index in [0.29, 0.717) is 0 Å². The fourth-order valence-corrected chi connectivity index (χ4v) is 2.66. The van der Waals surface area contributed by atoms with Gasteiger partial charge >= 0.3 is 0 Å². The average molecular weight is 285 g/mol. The number of aromatic nitrogens is 3. The molecule has 2 aromatic heterocycles. The third kappa shape index (κ3) is 2.49. The van der Waals surface area contributed by atoms with Crippen molar-refractivity contribution in [2.75, 3.05) is 0 Å². The minimum atomic E-state index is 0.899. The molecular weight excluding hydrogens is 270 g/mol. The van der Waals surface area contributed by atoms with Crippen LogP contribution in [0.3, 0.4) is 0 Å². The molecule has 3 heteroatoms. The van der Waals surface area contributed by atoms with Crippen molar-refractivity contribution in [3.63, 3.8) is 0 Å². The number of pyridine rings is 1. The molecule has 4 rings (SSSR count). The molecule has 0 N–H and O–H groups in total. The molecular formula is C19H15N3. The maximum Gasteiger partial charge on any atom is 0.0703 e. The van der Waals surface area contributed by atoms with Crippen molar-refractivity contribution in [3.05, 3.63) is 90.4 Å². The topological polar surface area (TPSA) is 30.7 Å². The largest absolute Gasteiger partial charge is 0.256 e. The van der Waals surface area contributed by atoms with Crippen LogP contribution in [0.5, 0.6) is 0 Å². The summed E-state index contributed by atoms with van der Waals surface area (Å²) in [7, 11) is 0. The number of fused-ring (bicyclic) bond motifs is 1. The average Bonchev–Trinajstić information content (AvgIpc) is 3.10. The van der Waals surface area contributed by atoms with Crippen molar-refractivity contribution in [2.45, 2.75) is 6.42 Å². The molecule has 0 bridgehead atoms. The van der Waals surface area contributed by atoms with Crippen molar-refractivity contribution in [2.24, 2.45) is 0 Å². The SMILES string of the molecule is c1ccc(Cc2cnc3ccc(-n4cccn4)cc3c2)cc1. The maximum absolute atomic E-state index is 4.57. The van der Waals surface area contributed by atoms with Gasteiger partial charge in [-0.3, -0.25) is 4.98 Å². The molecule has 0 aliphatic rings. The normalized spacial score (nSPS) is 10.9. The highest BCUT2D eigenvalue weighted by Crippen LogP contribution is 2.19. The fourth-order valence-electron chi connectivity index (χ4n) is 2.66. The van der Waals surface area contributed by atoms with Crippen molar-refractivity contribution < 1.29 is 0 Å². The van der Waals surface area contributed by atoms with E-state index in [1.807, 2.05) is 41.3 Å². The van der Waals surface area contributed by atoms with Gasteiger partial charge in [0.25, 0.3) is 0 Å². The van der Waals surface area contributed by atoms with Crippen LogP contribution in [0, 0.1) is 0 Å². The number of rotatable bonds is 3. The first-order valence-electron chi connectivity index (χ1n) is 7.31. The predicted octanol–water partition coefficient (Wildman–Crippen LogP) is 4.01. The van der Waals surface area contributed by atoms with Crippen LogP contribution < -0.4 is 0 Å². The highest BCUT2D eigenvalue weighted by atomic mass is 15.3. The summed E-state index contributed by atoms with van der Waals surface area (Å²) in [4.78, 5) is 4.57. The number of benzene rings is 2. The van der Waals surface area contributed by atoms with Crippen LogP contribution in [0.4, 0.5) is 0 Å². The van der Waals surface area contributed by atoms with E-state index in [9.17, 15) is 0 Å². The molecule has 0 unspecified atom stereocenters. The Bertz CT molecular complexity index is 897. The molecule has 0 amide bonds. The Morgan fingerprint density at radius 1 is 0.864 bits per heavy atom. The van der Waals surface area contributed by atoms with Gasteiger partial charge in [-0.05, 0) is 47.9 Å². The van der Waals surface area contributed by atoms with Crippen molar-refractivity contribution >= 4 is 10.9 Å². The summed E-state index contributed by atoms with van der Waals surface area (Å²) >= 11 is 0. The van der Waals surface area contributed by atoms with E-state index >= 15 is 0 Å². The van der Waals surface area contributed by atoms with E-state index in [1.165, 1.54) is 11.1 Å². The van der Waals surface area contributed by atoms with Gasteiger partial charge in [0, 0.05) is 24.0 Å². The van der Waals surface area contributed by atoms with Gasteiger partial charge in [-0.15, -0.1) is 0 Å². The summed E-state index contributed by atoms with van der Waals surface area (Å²) in [5, 5.41) is 5.42. The zero-order chi connectivity index (χ0) is 14.8. The van der Waals surface area contributed by atoms with Gasteiger partial charge < -0.3 is 0 Å². The zero-order valence-electron chi connectivity index (χ0n) is 12.1.